The van der Waals surface area contributed by atoms with E-state index in [1.807, 2.05) is 53.6 Å². The average Bonchev–Trinajstić information content (AvgIpc) is 3.61. The molecule has 2 aromatic carbocycles. The van der Waals surface area contributed by atoms with Gasteiger partial charge in [-0.15, -0.1) is 0 Å². The summed E-state index contributed by atoms with van der Waals surface area (Å²) in [4.78, 5) is 2.26. The zero-order chi connectivity index (χ0) is 24.2. The molecule has 5 aromatic rings. The van der Waals surface area contributed by atoms with Crippen molar-refractivity contribution in [3.8, 4) is 11.4 Å². The maximum Gasteiger partial charge on any atom is 0.125 e. The second-order valence-corrected chi connectivity index (χ2v) is 8.45. The molecule has 1 unspecified atom stereocenters. The van der Waals surface area contributed by atoms with Crippen molar-refractivity contribution in [2.24, 2.45) is 0 Å². The standard InChI is InChI=1S/C26H25F2N7/c1-20(17-33-12-4-11-29-33)32(18-23-9-13-34(30-23)25-7-2-5-21(27)15-25)19-24-10-14-35(31-24)26-8-3-6-22(28)16-26/h2-16,20H,17-19H2,1H3. The van der Waals surface area contributed by atoms with Gasteiger partial charge in [-0.05, 0) is 61.5 Å². The Bertz CT molecular complexity index is 1300. The Kier molecular flexibility index (Phi) is 6.49. The molecular weight excluding hydrogens is 448 g/mol. The van der Waals surface area contributed by atoms with Crippen molar-refractivity contribution in [2.75, 3.05) is 0 Å². The molecule has 1 atom stereocenters. The SMILES string of the molecule is CC(Cn1cccn1)N(Cc1ccn(-c2cccc(F)c2)n1)Cc1ccn(-c2cccc(F)c2)n1. The van der Waals surface area contributed by atoms with Gasteiger partial charge in [-0.1, -0.05) is 12.1 Å². The fourth-order valence-electron chi connectivity index (χ4n) is 4.00. The van der Waals surface area contributed by atoms with Gasteiger partial charge in [0.2, 0.25) is 0 Å². The molecule has 7 nitrogen and oxygen atoms in total. The number of nitrogens with zero attached hydrogens (tertiary/aromatic N) is 7. The molecule has 178 valence electrons. The van der Waals surface area contributed by atoms with Gasteiger partial charge in [-0.2, -0.15) is 15.3 Å². The van der Waals surface area contributed by atoms with Gasteiger partial charge in [0.25, 0.3) is 0 Å². The van der Waals surface area contributed by atoms with Crippen molar-refractivity contribution in [3.05, 3.63) is 115 Å². The lowest BCUT2D eigenvalue weighted by Crippen LogP contribution is -2.35. The minimum absolute atomic E-state index is 0.119. The highest BCUT2D eigenvalue weighted by molar-refractivity contribution is 5.32. The van der Waals surface area contributed by atoms with Crippen molar-refractivity contribution in [3.63, 3.8) is 0 Å². The predicted molar refractivity (Wildman–Crippen MR) is 128 cm³/mol. The zero-order valence-corrected chi connectivity index (χ0v) is 19.2. The minimum Gasteiger partial charge on any atom is -0.287 e. The second-order valence-electron chi connectivity index (χ2n) is 8.45. The van der Waals surface area contributed by atoms with Gasteiger partial charge in [0.15, 0.2) is 0 Å². The van der Waals surface area contributed by atoms with Gasteiger partial charge in [0.1, 0.15) is 11.6 Å². The van der Waals surface area contributed by atoms with Crippen molar-refractivity contribution >= 4 is 0 Å². The van der Waals surface area contributed by atoms with E-state index in [9.17, 15) is 8.78 Å². The molecule has 3 aromatic heterocycles. The first-order valence-corrected chi connectivity index (χ1v) is 11.4. The van der Waals surface area contributed by atoms with Crippen LogP contribution in [0.3, 0.4) is 0 Å². The van der Waals surface area contributed by atoms with E-state index in [1.165, 1.54) is 24.3 Å². The van der Waals surface area contributed by atoms with Crippen LogP contribution in [0.15, 0.2) is 91.5 Å². The van der Waals surface area contributed by atoms with Crippen LogP contribution in [0, 0.1) is 11.6 Å². The maximum atomic E-state index is 13.7. The van der Waals surface area contributed by atoms with Crippen LogP contribution in [0.5, 0.6) is 0 Å². The summed E-state index contributed by atoms with van der Waals surface area (Å²) in [6.45, 7) is 3.96. The van der Waals surface area contributed by atoms with Gasteiger partial charge in [0.05, 0.1) is 29.3 Å². The molecule has 0 radical (unpaired) electrons. The Labute approximate surface area is 201 Å². The van der Waals surface area contributed by atoms with E-state index in [-0.39, 0.29) is 17.7 Å². The lowest BCUT2D eigenvalue weighted by atomic mass is 10.2. The lowest BCUT2D eigenvalue weighted by molar-refractivity contribution is 0.165. The lowest BCUT2D eigenvalue weighted by Gasteiger charge is -2.27. The fraction of sp³-hybridized carbons (Fsp3) is 0.192. The molecule has 35 heavy (non-hydrogen) atoms. The second kappa shape index (κ2) is 10.0. The van der Waals surface area contributed by atoms with Crippen LogP contribution < -0.4 is 0 Å². The minimum atomic E-state index is -0.303. The third-order valence-electron chi connectivity index (χ3n) is 5.80. The first-order chi connectivity index (χ1) is 17.0. The molecular formula is C26H25F2N7. The summed E-state index contributed by atoms with van der Waals surface area (Å²) in [5, 5.41) is 13.7. The molecule has 0 saturated carbocycles. The van der Waals surface area contributed by atoms with Gasteiger partial charge < -0.3 is 0 Å². The first-order valence-electron chi connectivity index (χ1n) is 11.4. The molecule has 0 spiro atoms. The van der Waals surface area contributed by atoms with Crippen LogP contribution in [0.25, 0.3) is 11.4 Å². The molecule has 0 N–H and O–H groups in total. The summed E-state index contributed by atoms with van der Waals surface area (Å²) in [5.41, 5.74) is 3.04. The first kappa shape index (κ1) is 22.7. The Morgan fingerprint density at radius 3 is 1.83 bits per heavy atom. The molecule has 0 aliphatic carbocycles. The highest BCUT2D eigenvalue weighted by atomic mass is 19.1. The van der Waals surface area contributed by atoms with Gasteiger partial charge in [-0.25, -0.2) is 18.1 Å². The van der Waals surface area contributed by atoms with Gasteiger partial charge in [-0.3, -0.25) is 9.58 Å². The van der Waals surface area contributed by atoms with Crippen LogP contribution in [0.2, 0.25) is 0 Å². The Morgan fingerprint density at radius 1 is 0.771 bits per heavy atom. The van der Waals surface area contributed by atoms with Crippen molar-refractivity contribution in [2.45, 2.75) is 32.6 Å². The number of aromatic nitrogens is 6. The highest BCUT2D eigenvalue weighted by Gasteiger charge is 2.19. The third kappa shape index (κ3) is 5.52. The fourth-order valence-corrected chi connectivity index (χ4v) is 4.00. The molecule has 0 aliphatic heterocycles. The van der Waals surface area contributed by atoms with E-state index < -0.39 is 0 Å². The number of halogens is 2. The van der Waals surface area contributed by atoms with Crippen LogP contribution in [0.4, 0.5) is 8.78 Å². The van der Waals surface area contributed by atoms with Crippen molar-refractivity contribution in [1.82, 2.24) is 34.2 Å². The molecule has 0 bridgehead atoms. The van der Waals surface area contributed by atoms with E-state index in [1.54, 1.807) is 27.7 Å². The van der Waals surface area contributed by atoms with Gasteiger partial charge in [0, 0.05) is 43.9 Å². The van der Waals surface area contributed by atoms with E-state index in [4.69, 9.17) is 0 Å². The summed E-state index contributed by atoms with van der Waals surface area (Å²) in [6, 6.07) is 18.6. The summed E-state index contributed by atoms with van der Waals surface area (Å²) >= 11 is 0. The Hall–Kier alpha value is -4.11. The summed E-state index contributed by atoms with van der Waals surface area (Å²) in [6.07, 6.45) is 7.36. The topological polar surface area (TPSA) is 56.7 Å². The quantitative estimate of drug-likeness (QED) is 0.313. The predicted octanol–water partition coefficient (Wildman–Crippen LogP) is 4.62. The van der Waals surface area contributed by atoms with E-state index >= 15 is 0 Å². The van der Waals surface area contributed by atoms with E-state index in [2.05, 4.69) is 27.1 Å². The molecule has 9 heteroatoms. The molecule has 3 heterocycles. The Morgan fingerprint density at radius 2 is 1.34 bits per heavy atom. The molecule has 0 fully saturated rings. The summed E-state index contributed by atoms with van der Waals surface area (Å²) < 4.78 is 32.6. The largest absolute Gasteiger partial charge is 0.287 e. The summed E-state index contributed by atoms with van der Waals surface area (Å²) in [7, 11) is 0. The normalized spacial score (nSPS) is 12.3. The molecule has 0 amide bonds. The van der Waals surface area contributed by atoms with Crippen LogP contribution in [-0.2, 0) is 19.6 Å². The van der Waals surface area contributed by atoms with Gasteiger partial charge >= 0.3 is 0 Å². The van der Waals surface area contributed by atoms with E-state index in [0.717, 1.165) is 11.4 Å². The number of rotatable bonds is 9. The van der Waals surface area contributed by atoms with Crippen LogP contribution in [-0.4, -0.2) is 40.3 Å². The molecule has 0 aliphatic rings. The smallest absolute Gasteiger partial charge is 0.125 e. The number of benzene rings is 2. The number of hydrogen-bond donors (Lipinski definition) is 0. The highest BCUT2D eigenvalue weighted by Crippen LogP contribution is 2.16. The Balaban J connectivity index is 1.36. The zero-order valence-electron chi connectivity index (χ0n) is 19.2. The average molecular weight is 474 g/mol. The maximum absolute atomic E-state index is 13.7. The third-order valence-corrected chi connectivity index (χ3v) is 5.80. The van der Waals surface area contributed by atoms with Crippen molar-refractivity contribution < 1.29 is 8.78 Å². The van der Waals surface area contributed by atoms with Crippen LogP contribution >= 0.6 is 0 Å². The number of hydrogen-bond acceptors (Lipinski definition) is 4. The van der Waals surface area contributed by atoms with E-state index in [0.29, 0.717) is 31.0 Å². The van der Waals surface area contributed by atoms with Crippen molar-refractivity contribution in [1.29, 1.82) is 0 Å². The molecule has 0 saturated heterocycles. The summed E-state index contributed by atoms with van der Waals surface area (Å²) in [5.74, 6) is -0.606. The van der Waals surface area contributed by atoms with Crippen LogP contribution in [0.1, 0.15) is 18.3 Å². The monoisotopic (exact) mass is 473 g/mol. The molecule has 5 rings (SSSR count).